The molecule has 1 aliphatic carbocycles. The van der Waals surface area contributed by atoms with Gasteiger partial charge < -0.3 is 14.9 Å². The van der Waals surface area contributed by atoms with Gasteiger partial charge in [0.25, 0.3) is 0 Å². The van der Waals surface area contributed by atoms with Crippen LogP contribution >= 0.6 is 0 Å². The summed E-state index contributed by atoms with van der Waals surface area (Å²) in [6, 6.07) is 0. The third-order valence-corrected chi connectivity index (χ3v) is 3.97. The summed E-state index contributed by atoms with van der Waals surface area (Å²) in [5, 5.41) is 17.8. The molecule has 0 aromatic carbocycles. The minimum Gasteiger partial charge on any atom is -0.393 e. The summed E-state index contributed by atoms with van der Waals surface area (Å²) in [6.07, 6.45) is 1.11. The van der Waals surface area contributed by atoms with Crippen molar-refractivity contribution in [2.75, 3.05) is 6.61 Å². The summed E-state index contributed by atoms with van der Waals surface area (Å²) >= 11 is 0. The van der Waals surface area contributed by atoms with Crippen molar-refractivity contribution in [3.8, 4) is 0 Å². The fraction of sp³-hybridized carbons (Fsp3) is 0.857. The number of hydrogen-bond acceptors (Lipinski definition) is 5. The van der Waals surface area contributed by atoms with E-state index in [0.717, 1.165) is 12.8 Å². The first-order chi connectivity index (χ1) is 8.86. The van der Waals surface area contributed by atoms with E-state index in [0.29, 0.717) is 18.3 Å². The Morgan fingerprint density at radius 3 is 2.47 bits per heavy atom. The lowest BCUT2D eigenvalue weighted by Gasteiger charge is -2.35. The smallest absolute Gasteiger partial charge is 0.345 e. The molecule has 0 amide bonds. The minimum absolute atomic E-state index is 0.211. The van der Waals surface area contributed by atoms with Gasteiger partial charge >= 0.3 is 11.9 Å². The summed E-state index contributed by atoms with van der Waals surface area (Å²) in [5.74, 6) is -0.925. The molecule has 19 heavy (non-hydrogen) atoms. The zero-order chi connectivity index (χ0) is 14.6. The molecule has 0 bridgehead atoms. The molecule has 1 rings (SSSR count). The molecule has 1 aliphatic rings. The fourth-order valence-electron chi connectivity index (χ4n) is 2.79. The van der Waals surface area contributed by atoms with Gasteiger partial charge in [0.15, 0.2) is 6.10 Å². The second-order valence-electron chi connectivity index (χ2n) is 5.87. The number of esters is 2. The maximum Gasteiger partial charge on any atom is 0.345 e. The number of ether oxygens (including phenoxy) is 1. The van der Waals surface area contributed by atoms with E-state index in [2.05, 4.69) is 25.5 Å². The van der Waals surface area contributed by atoms with Crippen molar-refractivity contribution >= 4 is 11.9 Å². The minimum atomic E-state index is -1.64. The van der Waals surface area contributed by atoms with E-state index in [1.54, 1.807) is 0 Å². The first-order valence-corrected chi connectivity index (χ1v) is 6.91. The van der Waals surface area contributed by atoms with Crippen LogP contribution in [0.4, 0.5) is 0 Å². The van der Waals surface area contributed by atoms with Crippen molar-refractivity contribution in [2.24, 2.45) is 23.7 Å². The Morgan fingerprint density at radius 1 is 1.32 bits per heavy atom. The van der Waals surface area contributed by atoms with Crippen molar-refractivity contribution in [3.05, 3.63) is 0 Å². The number of aliphatic hydroxyl groups excluding tert-OH is 2. The largest absolute Gasteiger partial charge is 0.393 e. The van der Waals surface area contributed by atoms with Gasteiger partial charge in [0.2, 0.25) is 0 Å². The van der Waals surface area contributed by atoms with Crippen LogP contribution in [0.2, 0.25) is 0 Å². The van der Waals surface area contributed by atoms with E-state index >= 15 is 0 Å². The summed E-state index contributed by atoms with van der Waals surface area (Å²) in [6.45, 7) is 5.47. The van der Waals surface area contributed by atoms with Crippen molar-refractivity contribution in [1.82, 2.24) is 0 Å². The lowest BCUT2D eigenvalue weighted by Crippen LogP contribution is -2.37. The van der Waals surface area contributed by atoms with Gasteiger partial charge in [0, 0.05) is 0 Å². The first kappa shape index (κ1) is 16.1. The number of hydrogen-bond donors (Lipinski definition) is 2. The van der Waals surface area contributed by atoms with Gasteiger partial charge in [-0.1, -0.05) is 27.2 Å². The molecule has 5 heteroatoms. The molecule has 0 heterocycles. The predicted molar refractivity (Wildman–Crippen MR) is 69.0 cm³/mol. The normalized spacial score (nSPS) is 29.1. The highest BCUT2D eigenvalue weighted by Gasteiger charge is 2.37. The van der Waals surface area contributed by atoms with Crippen LogP contribution < -0.4 is 0 Å². The zero-order valence-electron chi connectivity index (χ0n) is 11.8. The van der Waals surface area contributed by atoms with Gasteiger partial charge in [-0.25, -0.2) is 4.79 Å². The van der Waals surface area contributed by atoms with E-state index < -0.39 is 24.6 Å². The van der Waals surface area contributed by atoms with E-state index in [1.165, 1.54) is 0 Å². The lowest BCUT2D eigenvalue weighted by molar-refractivity contribution is -0.172. The highest BCUT2D eigenvalue weighted by Crippen LogP contribution is 2.38. The summed E-state index contributed by atoms with van der Waals surface area (Å²) in [4.78, 5) is 23.4. The third kappa shape index (κ3) is 4.28. The highest BCUT2D eigenvalue weighted by atomic mass is 16.6. The van der Waals surface area contributed by atoms with E-state index in [4.69, 9.17) is 10.2 Å². The van der Waals surface area contributed by atoms with Crippen LogP contribution in [0.5, 0.6) is 0 Å². The molecule has 0 aromatic rings. The molecular formula is C14H24O5. The van der Waals surface area contributed by atoms with Gasteiger partial charge in [0.05, 0.1) is 12.5 Å². The van der Waals surface area contributed by atoms with Crippen LogP contribution in [0.3, 0.4) is 0 Å². The number of rotatable bonds is 4. The maximum atomic E-state index is 12.1. The van der Waals surface area contributed by atoms with Crippen LogP contribution in [0, 0.1) is 23.7 Å². The van der Waals surface area contributed by atoms with E-state index in [-0.39, 0.29) is 11.8 Å². The maximum absolute atomic E-state index is 12.1. The molecule has 110 valence electrons. The van der Waals surface area contributed by atoms with Crippen LogP contribution in [0.15, 0.2) is 0 Å². The predicted octanol–water partition coefficient (Wildman–Crippen LogP) is 1.12. The summed E-state index contributed by atoms with van der Waals surface area (Å²) in [5.41, 5.74) is 0. The Labute approximate surface area is 114 Å². The molecule has 0 spiro atoms. The van der Waals surface area contributed by atoms with Crippen molar-refractivity contribution in [2.45, 2.75) is 46.1 Å². The van der Waals surface area contributed by atoms with Gasteiger partial charge in [-0.05, 0) is 30.6 Å². The summed E-state index contributed by atoms with van der Waals surface area (Å²) < 4.78 is 4.68. The Kier molecular flexibility index (Phi) is 5.94. The van der Waals surface area contributed by atoms with Crippen LogP contribution in [-0.4, -0.2) is 34.9 Å². The molecule has 5 nitrogen and oxygen atoms in total. The van der Waals surface area contributed by atoms with Crippen LogP contribution in [0.25, 0.3) is 0 Å². The number of carbonyl (C=O) groups excluding carboxylic acids is 2. The quantitative estimate of drug-likeness (QED) is 0.592. The monoisotopic (exact) mass is 272 g/mol. The molecule has 1 saturated carbocycles. The lowest BCUT2D eigenvalue weighted by atomic mass is 9.70. The zero-order valence-corrected chi connectivity index (χ0v) is 11.8. The van der Waals surface area contributed by atoms with Crippen molar-refractivity contribution in [3.63, 3.8) is 0 Å². The van der Waals surface area contributed by atoms with Gasteiger partial charge in [0.1, 0.15) is 0 Å². The molecule has 0 aliphatic heterocycles. The Hall–Kier alpha value is -0.940. The van der Waals surface area contributed by atoms with Gasteiger partial charge in [-0.15, -0.1) is 0 Å². The molecule has 0 saturated heterocycles. The topological polar surface area (TPSA) is 83.8 Å². The van der Waals surface area contributed by atoms with Crippen LogP contribution in [-0.2, 0) is 14.3 Å². The Bertz CT molecular complexity index is 326. The van der Waals surface area contributed by atoms with Gasteiger partial charge in [-0.2, -0.15) is 0 Å². The van der Waals surface area contributed by atoms with Crippen molar-refractivity contribution in [1.29, 1.82) is 0 Å². The average Bonchev–Trinajstić information content (AvgIpc) is 2.36. The fourth-order valence-corrected chi connectivity index (χ4v) is 2.79. The van der Waals surface area contributed by atoms with E-state index in [9.17, 15) is 9.59 Å². The first-order valence-electron chi connectivity index (χ1n) is 6.91. The van der Waals surface area contributed by atoms with Crippen LogP contribution in [0.1, 0.15) is 40.0 Å². The Morgan fingerprint density at radius 2 is 1.95 bits per heavy atom. The molecule has 2 N–H and O–H groups in total. The molecule has 4 atom stereocenters. The standard InChI is InChI=1S/C14H24O5/c1-8(2)10-5-4-9(3)6-11(10)13(17)19-14(18)12(16)7-15/h8-12,15-16H,4-7H2,1-3H3. The number of aliphatic hydroxyl groups is 2. The van der Waals surface area contributed by atoms with Crippen molar-refractivity contribution < 1.29 is 24.5 Å². The Balaban J connectivity index is 2.68. The molecule has 1 fully saturated rings. The third-order valence-electron chi connectivity index (χ3n) is 3.97. The van der Waals surface area contributed by atoms with E-state index in [1.807, 2.05) is 0 Å². The second-order valence-corrected chi connectivity index (χ2v) is 5.87. The molecular weight excluding hydrogens is 248 g/mol. The average molecular weight is 272 g/mol. The molecule has 0 aromatic heterocycles. The molecule has 4 unspecified atom stereocenters. The SMILES string of the molecule is CC1CCC(C(C)C)C(C(=O)OC(=O)C(O)CO)C1. The highest BCUT2D eigenvalue weighted by molar-refractivity contribution is 5.89. The number of carbonyl (C=O) groups is 2. The summed E-state index contributed by atoms with van der Waals surface area (Å²) in [7, 11) is 0. The molecule has 0 radical (unpaired) electrons. The van der Waals surface area contributed by atoms with Gasteiger partial charge in [-0.3, -0.25) is 4.79 Å². The second kappa shape index (κ2) is 7.01.